The Morgan fingerprint density at radius 2 is 1.82 bits per heavy atom. The lowest BCUT2D eigenvalue weighted by Crippen LogP contribution is -2.17. The van der Waals surface area contributed by atoms with Crippen LogP contribution in [0.2, 0.25) is 0 Å². The summed E-state index contributed by atoms with van der Waals surface area (Å²) in [4.78, 5) is 16.9. The van der Waals surface area contributed by atoms with Crippen molar-refractivity contribution in [3.05, 3.63) is 64.9 Å². The van der Waals surface area contributed by atoms with Gasteiger partial charge in [0.15, 0.2) is 0 Å². The van der Waals surface area contributed by atoms with Crippen LogP contribution in [0.25, 0.3) is 5.65 Å². The molecule has 1 N–H and O–H groups in total. The molecule has 3 aromatic rings. The molecule has 0 saturated heterocycles. The molecule has 22 heavy (non-hydrogen) atoms. The van der Waals surface area contributed by atoms with E-state index < -0.39 is 5.82 Å². The summed E-state index contributed by atoms with van der Waals surface area (Å²) in [6.07, 6.45) is 1.27. The standard InChI is InChI=1S/C17H16FN3O/c1-10-5-4-6-11(2)15(10)20-17(22)16-12(3)19-14-8-7-13(18)9-21(14)16/h4-9H,1-3H3,(H,20,22). The van der Waals surface area contributed by atoms with Crippen molar-refractivity contribution in [1.29, 1.82) is 0 Å². The molecule has 0 aliphatic carbocycles. The van der Waals surface area contributed by atoms with Crippen molar-refractivity contribution >= 4 is 17.2 Å². The van der Waals surface area contributed by atoms with Crippen molar-refractivity contribution in [3.63, 3.8) is 0 Å². The Balaban J connectivity index is 2.06. The quantitative estimate of drug-likeness (QED) is 0.784. The van der Waals surface area contributed by atoms with E-state index >= 15 is 0 Å². The molecule has 5 heteroatoms. The molecular formula is C17H16FN3O. The lowest BCUT2D eigenvalue weighted by molar-refractivity contribution is 0.102. The molecule has 0 saturated carbocycles. The van der Waals surface area contributed by atoms with Gasteiger partial charge in [-0.15, -0.1) is 0 Å². The van der Waals surface area contributed by atoms with E-state index in [9.17, 15) is 9.18 Å². The molecule has 4 nitrogen and oxygen atoms in total. The number of nitrogens with zero attached hydrogens (tertiary/aromatic N) is 2. The van der Waals surface area contributed by atoms with Crippen LogP contribution in [0.4, 0.5) is 10.1 Å². The van der Waals surface area contributed by atoms with Crippen molar-refractivity contribution < 1.29 is 9.18 Å². The molecule has 112 valence electrons. The number of aryl methyl sites for hydroxylation is 3. The molecule has 0 unspecified atom stereocenters. The number of rotatable bonds is 2. The molecular weight excluding hydrogens is 281 g/mol. The van der Waals surface area contributed by atoms with Gasteiger partial charge in [0, 0.05) is 11.9 Å². The molecule has 0 bridgehead atoms. The van der Waals surface area contributed by atoms with Gasteiger partial charge in [-0.3, -0.25) is 9.20 Å². The normalized spacial score (nSPS) is 10.9. The zero-order valence-corrected chi connectivity index (χ0v) is 12.6. The number of para-hydroxylation sites is 1. The first kappa shape index (κ1) is 14.3. The second-order valence-corrected chi connectivity index (χ2v) is 5.34. The number of imidazole rings is 1. The summed E-state index contributed by atoms with van der Waals surface area (Å²) < 4.78 is 14.9. The fourth-order valence-electron chi connectivity index (χ4n) is 2.59. The summed E-state index contributed by atoms with van der Waals surface area (Å²) >= 11 is 0. The number of pyridine rings is 1. The second-order valence-electron chi connectivity index (χ2n) is 5.34. The lowest BCUT2D eigenvalue weighted by atomic mass is 10.1. The number of carbonyl (C=O) groups is 1. The van der Waals surface area contributed by atoms with Gasteiger partial charge in [-0.25, -0.2) is 9.37 Å². The largest absolute Gasteiger partial charge is 0.320 e. The number of anilines is 1. The Hall–Kier alpha value is -2.69. The van der Waals surface area contributed by atoms with E-state index in [1.807, 2.05) is 32.0 Å². The fourth-order valence-corrected chi connectivity index (χ4v) is 2.59. The van der Waals surface area contributed by atoms with E-state index in [1.165, 1.54) is 16.7 Å². The molecule has 0 radical (unpaired) electrons. The number of aromatic nitrogens is 2. The van der Waals surface area contributed by atoms with Gasteiger partial charge in [-0.2, -0.15) is 0 Å². The average Bonchev–Trinajstić information content (AvgIpc) is 2.78. The Morgan fingerprint density at radius 1 is 1.14 bits per heavy atom. The first-order valence-electron chi connectivity index (χ1n) is 6.99. The summed E-state index contributed by atoms with van der Waals surface area (Å²) in [6, 6.07) is 8.69. The van der Waals surface area contributed by atoms with Crippen molar-refractivity contribution in [3.8, 4) is 0 Å². The first-order chi connectivity index (χ1) is 10.5. The highest BCUT2D eigenvalue weighted by atomic mass is 19.1. The van der Waals surface area contributed by atoms with Crippen molar-refractivity contribution in [1.82, 2.24) is 9.38 Å². The van der Waals surface area contributed by atoms with Crippen LogP contribution in [0.5, 0.6) is 0 Å². The van der Waals surface area contributed by atoms with E-state index in [4.69, 9.17) is 0 Å². The average molecular weight is 297 g/mol. The van der Waals surface area contributed by atoms with Gasteiger partial charge in [0.1, 0.15) is 17.2 Å². The number of fused-ring (bicyclic) bond motifs is 1. The Morgan fingerprint density at radius 3 is 2.50 bits per heavy atom. The molecule has 0 aliphatic heterocycles. The summed E-state index contributed by atoms with van der Waals surface area (Å²) in [5, 5.41) is 2.91. The summed E-state index contributed by atoms with van der Waals surface area (Å²) in [5.41, 5.74) is 4.19. The monoisotopic (exact) mass is 297 g/mol. The zero-order chi connectivity index (χ0) is 15.9. The van der Waals surface area contributed by atoms with Gasteiger partial charge >= 0.3 is 0 Å². The molecule has 0 fully saturated rings. The van der Waals surface area contributed by atoms with Gasteiger partial charge in [0.05, 0.1) is 5.69 Å². The molecule has 3 rings (SSSR count). The molecule has 0 atom stereocenters. The molecule has 1 amide bonds. The zero-order valence-electron chi connectivity index (χ0n) is 12.6. The van der Waals surface area contributed by atoms with Crippen molar-refractivity contribution in [2.24, 2.45) is 0 Å². The number of nitrogens with one attached hydrogen (secondary N) is 1. The van der Waals surface area contributed by atoms with Gasteiger partial charge in [-0.1, -0.05) is 18.2 Å². The fraction of sp³-hybridized carbons (Fsp3) is 0.176. The van der Waals surface area contributed by atoms with Crippen LogP contribution < -0.4 is 5.32 Å². The predicted octanol–water partition coefficient (Wildman–Crippen LogP) is 3.65. The highest BCUT2D eigenvalue weighted by molar-refractivity contribution is 6.05. The number of hydrogen-bond donors (Lipinski definition) is 1. The van der Waals surface area contributed by atoms with Crippen molar-refractivity contribution in [2.45, 2.75) is 20.8 Å². The first-order valence-corrected chi connectivity index (χ1v) is 6.99. The molecule has 0 spiro atoms. The van der Waals surface area contributed by atoms with Crippen LogP contribution >= 0.6 is 0 Å². The molecule has 1 aromatic carbocycles. The Kier molecular flexibility index (Phi) is 3.41. The smallest absolute Gasteiger partial charge is 0.274 e. The van der Waals surface area contributed by atoms with Crippen LogP contribution in [0.15, 0.2) is 36.5 Å². The van der Waals surface area contributed by atoms with Crippen LogP contribution in [0.1, 0.15) is 27.3 Å². The van der Waals surface area contributed by atoms with Gasteiger partial charge < -0.3 is 5.32 Å². The van der Waals surface area contributed by atoms with Gasteiger partial charge in [0.25, 0.3) is 5.91 Å². The third kappa shape index (κ3) is 2.35. The SMILES string of the molecule is Cc1cccc(C)c1NC(=O)c1c(C)nc2ccc(F)cn12. The number of amides is 1. The van der Waals surface area contributed by atoms with Crippen LogP contribution in [-0.2, 0) is 0 Å². The molecule has 2 heterocycles. The Bertz CT molecular complexity index is 863. The maximum atomic E-state index is 13.5. The third-order valence-electron chi connectivity index (χ3n) is 3.69. The lowest BCUT2D eigenvalue weighted by Gasteiger charge is -2.11. The Labute approximate surface area is 127 Å². The summed E-state index contributed by atoms with van der Waals surface area (Å²) in [6.45, 7) is 5.61. The van der Waals surface area contributed by atoms with Crippen molar-refractivity contribution in [2.75, 3.05) is 5.32 Å². The van der Waals surface area contributed by atoms with Crippen LogP contribution in [0.3, 0.4) is 0 Å². The number of carbonyl (C=O) groups excluding carboxylic acids is 1. The number of benzene rings is 1. The maximum Gasteiger partial charge on any atom is 0.274 e. The number of halogens is 1. The number of hydrogen-bond acceptors (Lipinski definition) is 2. The van der Waals surface area contributed by atoms with E-state index in [0.717, 1.165) is 16.8 Å². The highest BCUT2D eigenvalue weighted by Crippen LogP contribution is 2.21. The molecule has 0 aliphatic rings. The van der Waals surface area contributed by atoms with Gasteiger partial charge in [0.2, 0.25) is 0 Å². The topological polar surface area (TPSA) is 46.4 Å². The minimum atomic E-state index is -0.411. The van der Waals surface area contributed by atoms with E-state index in [0.29, 0.717) is 17.0 Å². The van der Waals surface area contributed by atoms with E-state index in [1.54, 1.807) is 13.0 Å². The highest BCUT2D eigenvalue weighted by Gasteiger charge is 2.18. The van der Waals surface area contributed by atoms with Crippen LogP contribution in [-0.4, -0.2) is 15.3 Å². The van der Waals surface area contributed by atoms with Gasteiger partial charge in [-0.05, 0) is 44.0 Å². The van der Waals surface area contributed by atoms with E-state index in [2.05, 4.69) is 10.3 Å². The second kappa shape index (κ2) is 5.26. The minimum Gasteiger partial charge on any atom is -0.320 e. The molecule has 2 aromatic heterocycles. The van der Waals surface area contributed by atoms with Crippen LogP contribution in [0, 0.1) is 26.6 Å². The summed E-state index contributed by atoms with van der Waals surface area (Å²) in [5.74, 6) is -0.709. The maximum absolute atomic E-state index is 13.5. The minimum absolute atomic E-state index is 0.298. The predicted molar refractivity (Wildman–Crippen MR) is 83.8 cm³/mol. The third-order valence-corrected chi connectivity index (χ3v) is 3.69. The summed E-state index contributed by atoms with van der Waals surface area (Å²) in [7, 11) is 0. The van der Waals surface area contributed by atoms with E-state index in [-0.39, 0.29) is 5.91 Å².